The van der Waals surface area contributed by atoms with E-state index in [1.807, 2.05) is 21.6 Å². The van der Waals surface area contributed by atoms with Crippen molar-refractivity contribution in [3.63, 3.8) is 0 Å². The molecule has 8 aliphatic carbocycles. The topological polar surface area (TPSA) is 52.6 Å². The molecule has 16 atom stereocenters. The fraction of sp³-hybridized carbons (Fsp3) is 0.906. The summed E-state index contributed by atoms with van der Waals surface area (Å²) in [4.78, 5) is 26.1. The second-order valence-electron chi connectivity index (χ2n) is 27.8. The van der Waals surface area contributed by atoms with Gasteiger partial charge < -0.3 is 9.47 Å². The van der Waals surface area contributed by atoms with Crippen LogP contribution in [0.2, 0.25) is 0 Å². The van der Waals surface area contributed by atoms with E-state index in [2.05, 4.69) is 81.4 Å². The molecule has 0 bridgehead atoms. The Kier molecular flexibility index (Phi) is 19.0. The highest BCUT2D eigenvalue weighted by atomic mass is 33.1. The van der Waals surface area contributed by atoms with Gasteiger partial charge in [-0.2, -0.15) is 0 Å². The van der Waals surface area contributed by atoms with Gasteiger partial charge in [-0.3, -0.25) is 9.59 Å². The fourth-order valence-corrected chi connectivity index (χ4v) is 21.3. The molecule has 8 rings (SSSR count). The first-order valence-corrected chi connectivity index (χ1v) is 33.0. The van der Waals surface area contributed by atoms with Crippen LogP contribution in [0.3, 0.4) is 0 Å². The Bertz CT molecular complexity index is 1680. The van der Waals surface area contributed by atoms with Crippen molar-refractivity contribution in [2.45, 2.75) is 261 Å². The molecule has 0 heterocycles. The van der Waals surface area contributed by atoms with Crippen molar-refractivity contribution in [1.29, 1.82) is 0 Å². The van der Waals surface area contributed by atoms with Crippen LogP contribution in [-0.2, 0) is 19.1 Å². The van der Waals surface area contributed by atoms with E-state index in [9.17, 15) is 9.59 Å². The molecule has 0 aromatic rings. The number of ether oxygens (including phenoxy) is 2. The molecule has 0 aromatic heterocycles. The van der Waals surface area contributed by atoms with Gasteiger partial charge in [0, 0.05) is 37.2 Å². The molecule has 398 valence electrons. The number of fused-ring (bicyclic) bond motifs is 10. The molecule has 0 spiro atoms. The fourth-order valence-electron chi connectivity index (χ4n) is 19.0. The summed E-state index contributed by atoms with van der Waals surface area (Å²) >= 11 is 0. The van der Waals surface area contributed by atoms with Gasteiger partial charge in [0.05, 0.1) is 0 Å². The minimum absolute atomic E-state index is 0.0123. The summed E-state index contributed by atoms with van der Waals surface area (Å²) in [6.07, 6.45) is 39.1. The summed E-state index contributed by atoms with van der Waals surface area (Å²) in [6, 6.07) is 0. The van der Waals surface area contributed by atoms with E-state index in [1.54, 1.807) is 11.1 Å². The Hall–Kier alpha value is -0.880. The van der Waals surface area contributed by atoms with Gasteiger partial charge in [-0.25, -0.2) is 0 Å². The van der Waals surface area contributed by atoms with Crippen LogP contribution >= 0.6 is 21.6 Å². The number of allylic oxidation sites excluding steroid dienone is 2. The summed E-state index contributed by atoms with van der Waals surface area (Å²) in [5.41, 5.74) is 4.90. The summed E-state index contributed by atoms with van der Waals surface area (Å²) < 4.78 is 12.4. The monoisotopic (exact) mass is 1000 g/mol. The Morgan fingerprint density at radius 3 is 1.33 bits per heavy atom. The van der Waals surface area contributed by atoms with Gasteiger partial charge in [0.1, 0.15) is 12.2 Å². The minimum atomic E-state index is 0.0123. The lowest BCUT2D eigenvalue weighted by Gasteiger charge is -2.58. The predicted octanol–water partition coefficient (Wildman–Crippen LogP) is 18.6. The van der Waals surface area contributed by atoms with Crippen LogP contribution in [0.15, 0.2) is 23.3 Å². The molecule has 6 saturated carbocycles. The zero-order valence-corrected chi connectivity index (χ0v) is 48.5. The Morgan fingerprint density at radius 2 is 0.929 bits per heavy atom. The zero-order chi connectivity index (χ0) is 49.8. The molecular weight excluding hydrogens is 897 g/mol. The van der Waals surface area contributed by atoms with Crippen LogP contribution < -0.4 is 0 Å². The van der Waals surface area contributed by atoms with Crippen molar-refractivity contribution in [2.75, 3.05) is 11.5 Å². The van der Waals surface area contributed by atoms with Gasteiger partial charge in [0.15, 0.2) is 0 Å². The maximum Gasteiger partial charge on any atom is 0.306 e. The number of carbonyl (C=O) groups excluding carboxylic acids is 2. The van der Waals surface area contributed by atoms with Crippen molar-refractivity contribution in [3.05, 3.63) is 23.3 Å². The Morgan fingerprint density at radius 1 is 0.514 bits per heavy atom. The van der Waals surface area contributed by atoms with Crippen LogP contribution in [0.4, 0.5) is 0 Å². The van der Waals surface area contributed by atoms with Gasteiger partial charge in [0.2, 0.25) is 0 Å². The number of hydrogen-bond donors (Lipinski definition) is 0. The third-order valence-corrected chi connectivity index (χ3v) is 25.5. The lowest BCUT2D eigenvalue weighted by molar-refractivity contribution is -0.152. The molecule has 70 heavy (non-hydrogen) atoms. The second-order valence-corrected chi connectivity index (χ2v) is 30.5. The maximum atomic E-state index is 13.0. The molecule has 0 amide bonds. The molecule has 0 aliphatic heterocycles. The molecule has 6 heteroatoms. The van der Waals surface area contributed by atoms with Crippen LogP contribution in [-0.4, -0.2) is 35.7 Å². The zero-order valence-electron chi connectivity index (χ0n) is 46.9. The first-order chi connectivity index (χ1) is 33.5. The van der Waals surface area contributed by atoms with Crippen molar-refractivity contribution >= 4 is 33.5 Å². The average Bonchev–Trinajstić information content (AvgIpc) is 3.86. The van der Waals surface area contributed by atoms with Gasteiger partial charge in [0.25, 0.3) is 0 Å². The predicted molar refractivity (Wildman–Crippen MR) is 298 cm³/mol. The minimum Gasteiger partial charge on any atom is -0.462 e. The summed E-state index contributed by atoms with van der Waals surface area (Å²) in [5.74, 6) is 12.4. The van der Waals surface area contributed by atoms with Crippen LogP contribution in [0.1, 0.15) is 249 Å². The second kappa shape index (κ2) is 24.0. The number of unbranched alkanes of at least 4 members (excludes halogenated alkanes) is 2. The van der Waals surface area contributed by atoms with Crippen molar-refractivity contribution < 1.29 is 19.1 Å². The van der Waals surface area contributed by atoms with Gasteiger partial charge in [-0.05, 0) is 208 Å². The molecule has 0 aromatic carbocycles. The van der Waals surface area contributed by atoms with E-state index >= 15 is 0 Å². The summed E-state index contributed by atoms with van der Waals surface area (Å²) in [7, 11) is 3.84. The molecule has 4 nitrogen and oxygen atoms in total. The third-order valence-electron chi connectivity index (χ3n) is 22.9. The van der Waals surface area contributed by atoms with E-state index in [1.165, 1.54) is 116 Å². The Balaban J connectivity index is 0.665. The molecule has 0 radical (unpaired) electrons. The molecule has 8 aliphatic rings. The average molecular weight is 1000 g/mol. The van der Waals surface area contributed by atoms with E-state index in [-0.39, 0.29) is 24.1 Å². The number of hydrogen-bond acceptors (Lipinski definition) is 6. The quantitative estimate of drug-likeness (QED) is 0.0440. The molecule has 6 fully saturated rings. The number of esters is 2. The van der Waals surface area contributed by atoms with Crippen molar-refractivity contribution in [3.8, 4) is 0 Å². The number of carbonyl (C=O) groups is 2. The van der Waals surface area contributed by atoms with E-state index in [0.29, 0.717) is 34.5 Å². The summed E-state index contributed by atoms with van der Waals surface area (Å²) in [6.45, 7) is 25.3. The highest BCUT2D eigenvalue weighted by molar-refractivity contribution is 8.76. The summed E-state index contributed by atoms with van der Waals surface area (Å²) in [5, 5.41) is 0. The first kappa shape index (κ1) is 55.4. The standard InChI is InChI=1S/C64H106O4S2/c1-43(2)17-15-19-45(5)53-27-29-55-51-25-23-47-41-49(31-35-61(47,7)57(51)33-37-63(53,55)9)67-59(65)21-11-13-39-69-70-40-14-12-22-60(66)68-50-32-36-62(8)48(42-50)24-26-52-56-30-28-54(46(6)20-16-18-44(3)4)64(56,10)38-34-58(52)62/h23-24,43-46,49-58H,11-22,25-42H2,1-10H3/t45-,46-,49?,50?,51+,52+,53-,54-,55+,56+,57+,58+,61+,62+,63-,64-/m1/s1. The normalized spacial score (nSPS) is 39.7. The van der Waals surface area contributed by atoms with Crippen molar-refractivity contribution in [1.82, 2.24) is 0 Å². The van der Waals surface area contributed by atoms with Gasteiger partial charge in [-0.1, -0.05) is 153 Å². The van der Waals surface area contributed by atoms with Crippen molar-refractivity contribution in [2.24, 2.45) is 92.7 Å². The van der Waals surface area contributed by atoms with E-state index < -0.39 is 0 Å². The van der Waals surface area contributed by atoms with Crippen LogP contribution in [0.5, 0.6) is 0 Å². The highest BCUT2D eigenvalue weighted by Gasteiger charge is 2.61. The first-order valence-electron chi connectivity index (χ1n) is 30.5. The molecule has 0 N–H and O–H groups in total. The SMILES string of the molecule is CC(C)CCC[C@@H](C)[C@H]1CC[C@H]2[C@@H]3CC=C4CC(OC(=O)CCCCSSCCCCC(=O)OC5CC[C@@]6(C)C(=CC[C@H]7[C@@H]8CC[C@H]([C@H](C)CCCC(C)C)[C@@]8(C)CC[C@@H]76)C5)CC[C@]4(C)[C@H]3CC[C@]12C. The Labute approximate surface area is 439 Å². The maximum absolute atomic E-state index is 13.0. The number of rotatable bonds is 23. The smallest absolute Gasteiger partial charge is 0.306 e. The molecule has 0 saturated heterocycles. The van der Waals surface area contributed by atoms with Gasteiger partial charge in [-0.15, -0.1) is 0 Å². The largest absolute Gasteiger partial charge is 0.462 e. The molecular formula is C64H106O4S2. The van der Waals surface area contributed by atoms with E-state index in [0.717, 1.165) is 134 Å². The third kappa shape index (κ3) is 12.0. The van der Waals surface area contributed by atoms with Crippen LogP contribution in [0.25, 0.3) is 0 Å². The van der Waals surface area contributed by atoms with Crippen LogP contribution in [0, 0.1) is 92.7 Å². The van der Waals surface area contributed by atoms with E-state index in [4.69, 9.17) is 9.47 Å². The molecule has 2 unspecified atom stereocenters. The van der Waals surface area contributed by atoms with Gasteiger partial charge >= 0.3 is 11.9 Å². The highest BCUT2D eigenvalue weighted by Crippen LogP contribution is 2.69. The lowest BCUT2D eigenvalue weighted by Crippen LogP contribution is -2.51. The lowest BCUT2D eigenvalue weighted by atomic mass is 9.47.